The van der Waals surface area contributed by atoms with Crippen LogP contribution in [0.1, 0.15) is 31.7 Å². The van der Waals surface area contributed by atoms with Crippen molar-refractivity contribution in [1.29, 1.82) is 0 Å². The third kappa shape index (κ3) is 4.15. The number of benzene rings is 1. The largest absolute Gasteiger partial charge is 0.493 e. The third-order valence-electron chi connectivity index (χ3n) is 2.22. The third-order valence-corrected chi connectivity index (χ3v) is 2.22. The summed E-state index contributed by atoms with van der Waals surface area (Å²) in [5.41, 5.74) is 1.09. The van der Waals surface area contributed by atoms with Crippen LogP contribution in [0.5, 0.6) is 5.75 Å². The lowest BCUT2D eigenvalue weighted by Crippen LogP contribution is -2.00. The van der Waals surface area contributed by atoms with Crippen molar-refractivity contribution in [3.05, 3.63) is 29.8 Å². The predicted octanol–water partition coefficient (Wildman–Crippen LogP) is 2.91. The van der Waals surface area contributed by atoms with Crippen LogP contribution in [0.2, 0.25) is 0 Å². The van der Waals surface area contributed by atoms with Gasteiger partial charge < -0.3 is 4.74 Å². The van der Waals surface area contributed by atoms with E-state index < -0.39 is 0 Å². The van der Waals surface area contributed by atoms with Gasteiger partial charge in [-0.2, -0.15) is 0 Å². The van der Waals surface area contributed by atoms with Crippen molar-refractivity contribution in [2.75, 3.05) is 6.61 Å². The highest BCUT2D eigenvalue weighted by Gasteiger charge is 2.01. The SMILES string of the molecule is CCCCOc1ccccc1CC[C]=O. The first-order valence-corrected chi connectivity index (χ1v) is 5.44. The van der Waals surface area contributed by atoms with Gasteiger partial charge in [0.1, 0.15) is 5.75 Å². The molecular weight excluding hydrogens is 188 g/mol. The maximum atomic E-state index is 10.2. The quantitative estimate of drug-likeness (QED) is 0.640. The fraction of sp³-hybridized carbons (Fsp3) is 0.462. The summed E-state index contributed by atoms with van der Waals surface area (Å²) in [6.45, 7) is 2.88. The van der Waals surface area contributed by atoms with E-state index >= 15 is 0 Å². The van der Waals surface area contributed by atoms with Gasteiger partial charge in [-0.1, -0.05) is 31.5 Å². The van der Waals surface area contributed by atoms with E-state index in [4.69, 9.17) is 4.74 Å². The Labute approximate surface area is 91.3 Å². The van der Waals surface area contributed by atoms with Crippen molar-refractivity contribution >= 4 is 6.29 Å². The number of hydrogen-bond acceptors (Lipinski definition) is 2. The minimum atomic E-state index is 0.439. The molecule has 1 radical (unpaired) electrons. The summed E-state index contributed by atoms with van der Waals surface area (Å²) >= 11 is 0. The molecule has 0 aliphatic heterocycles. The fourth-order valence-corrected chi connectivity index (χ4v) is 1.36. The molecule has 1 aromatic carbocycles. The van der Waals surface area contributed by atoms with Crippen LogP contribution in [0.4, 0.5) is 0 Å². The van der Waals surface area contributed by atoms with Crippen LogP contribution >= 0.6 is 0 Å². The van der Waals surface area contributed by atoms with Crippen molar-refractivity contribution in [2.45, 2.75) is 32.6 Å². The molecule has 0 amide bonds. The summed E-state index contributed by atoms with van der Waals surface area (Å²) < 4.78 is 5.64. The number of para-hydroxylation sites is 1. The van der Waals surface area contributed by atoms with Gasteiger partial charge in [-0.25, -0.2) is 0 Å². The average molecular weight is 205 g/mol. The number of aryl methyl sites for hydroxylation is 1. The number of carbonyl (C=O) groups excluding carboxylic acids is 1. The molecular formula is C13H17O2. The zero-order valence-electron chi connectivity index (χ0n) is 9.16. The zero-order chi connectivity index (χ0) is 10.9. The van der Waals surface area contributed by atoms with Crippen LogP contribution in [0.25, 0.3) is 0 Å². The van der Waals surface area contributed by atoms with Gasteiger partial charge in [0.25, 0.3) is 0 Å². The summed E-state index contributed by atoms with van der Waals surface area (Å²) in [4.78, 5) is 10.2. The summed E-state index contributed by atoms with van der Waals surface area (Å²) in [5.74, 6) is 0.904. The first-order chi connectivity index (χ1) is 7.38. The molecule has 0 spiro atoms. The van der Waals surface area contributed by atoms with Gasteiger partial charge in [-0.05, 0) is 24.5 Å². The Balaban J connectivity index is 2.55. The Bertz CT molecular complexity index is 294. The Hall–Kier alpha value is -1.31. The Morgan fingerprint density at radius 1 is 1.33 bits per heavy atom. The number of ether oxygens (including phenoxy) is 1. The minimum Gasteiger partial charge on any atom is -0.493 e. The van der Waals surface area contributed by atoms with E-state index in [1.54, 1.807) is 0 Å². The molecule has 0 bridgehead atoms. The Morgan fingerprint density at radius 3 is 2.87 bits per heavy atom. The monoisotopic (exact) mass is 205 g/mol. The number of unbranched alkanes of at least 4 members (excludes halogenated alkanes) is 1. The molecule has 0 fully saturated rings. The summed E-state index contributed by atoms with van der Waals surface area (Å²) in [5, 5.41) is 0. The van der Waals surface area contributed by atoms with E-state index in [2.05, 4.69) is 6.92 Å². The first-order valence-electron chi connectivity index (χ1n) is 5.44. The Kier molecular flexibility index (Phi) is 5.52. The van der Waals surface area contributed by atoms with Gasteiger partial charge >= 0.3 is 0 Å². The molecule has 1 rings (SSSR count). The topological polar surface area (TPSA) is 26.3 Å². The van der Waals surface area contributed by atoms with Crippen LogP contribution in [0.3, 0.4) is 0 Å². The van der Waals surface area contributed by atoms with E-state index in [1.165, 1.54) is 0 Å². The highest BCUT2D eigenvalue weighted by atomic mass is 16.5. The molecule has 81 valence electrons. The number of hydrogen-bond donors (Lipinski definition) is 0. The van der Waals surface area contributed by atoms with E-state index in [-0.39, 0.29) is 0 Å². The van der Waals surface area contributed by atoms with Crippen molar-refractivity contribution < 1.29 is 9.53 Å². The van der Waals surface area contributed by atoms with E-state index in [0.29, 0.717) is 12.8 Å². The van der Waals surface area contributed by atoms with Crippen molar-refractivity contribution in [1.82, 2.24) is 0 Å². The molecule has 15 heavy (non-hydrogen) atoms. The maximum Gasteiger partial charge on any atom is 0.198 e. The van der Waals surface area contributed by atoms with Crippen molar-refractivity contribution in [3.8, 4) is 5.75 Å². The molecule has 0 saturated heterocycles. The minimum absolute atomic E-state index is 0.439. The van der Waals surface area contributed by atoms with Gasteiger partial charge in [0.15, 0.2) is 6.29 Å². The zero-order valence-corrected chi connectivity index (χ0v) is 9.16. The molecule has 0 aromatic heterocycles. The van der Waals surface area contributed by atoms with E-state index in [0.717, 1.165) is 30.8 Å². The van der Waals surface area contributed by atoms with Gasteiger partial charge in [-0.3, -0.25) is 4.79 Å². The lowest BCUT2D eigenvalue weighted by molar-refractivity contribution is 0.306. The smallest absolute Gasteiger partial charge is 0.198 e. The number of rotatable bonds is 7. The molecule has 2 nitrogen and oxygen atoms in total. The molecule has 0 N–H and O–H groups in total. The highest BCUT2D eigenvalue weighted by molar-refractivity contribution is 5.51. The van der Waals surface area contributed by atoms with Crippen LogP contribution in [-0.2, 0) is 11.2 Å². The van der Waals surface area contributed by atoms with Gasteiger partial charge in [0, 0.05) is 6.42 Å². The van der Waals surface area contributed by atoms with Crippen LogP contribution in [-0.4, -0.2) is 12.9 Å². The van der Waals surface area contributed by atoms with E-state index in [9.17, 15) is 4.79 Å². The molecule has 0 atom stereocenters. The molecule has 0 saturated carbocycles. The lowest BCUT2D eigenvalue weighted by Gasteiger charge is -2.09. The lowest BCUT2D eigenvalue weighted by atomic mass is 10.1. The van der Waals surface area contributed by atoms with E-state index in [1.807, 2.05) is 30.6 Å². The van der Waals surface area contributed by atoms with Gasteiger partial charge in [0.05, 0.1) is 6.61 Å². The molecule has 0 aliphatic rings. The van der Waals surface area contributed by atoms with Crippen LogP contribution in [0.15, 0.2) is 24.3 Å². The maximum absolute atomic E-state index is 10.2. The average Bonchev–Trinajstić information content (AvgIpc) is 2.28. The second-order valence-electron chi connectivity index (χ2n) is 3.45. The van der Waals surface area contributed by atoms with Gasteiger partial charge in [-0.15, -0.1) is 0 Å². The molecule has 0 unspecified atom stereocenters. The second kappa shape index (κ2) is 7.04. The summed E-state index contributed by atoms with van der Waals surface area (Å²) in [7, 11) is 0. The van der Waals surface area contributed by atoms with Crippen molar-refractivity contribution in [2.24, 2.45) is 0 Å². The second-order valence-corrected chi connectivity index (χ2v) is 3.45. The molecule has 1 aromatic rings. The van der Waals surface area contributed by atoms with Gasteiger partial charge in [0.2, 0.25) is 0 Å². The Morgan fingerprint density at radius 2 is 2.13 bits per heavy atom. The summed E-state index contributed by atoms with van der Waals surface area (Å²) in [6, 6.07) is 7.87. The van der Waals surface area contributed by atoms with Crippen LogP contribution in [0, 0.1) is 0 Å². The fourth-order valence-electron chi connectivity index (χ4n) is 1.36. The first kappa shape index (κ1) is 11.8. The highest BCUT2D eigenvalue weighted by Crippen LogP contribution is 2.19. The molecule has 0 heterocycles. The van der Waals surface area contributed by atoms with Crippen molar-refractivity contribution in [3.63, 3.8) is 0 Å². The standard InChI is InChI=1S/C13H17O2/c1-2-3-11-15-13-9-5-4-7-12(13)8-6-10-14/h4-5,7,9H,2-3,6,8,11H2,1H3. The normalized spacial score (nSPS) is 9.93. The molecule has 2 heteroatoms. The predicted molar refractivity (Wildman–Crippen MR) is 60.9 cm³/mol. The van der Waals surface area contributed by atoms with Crippen LogP contribution < -0.4 is 4.74 Å². The summed E-state index contributed by atoms with van der Waals surface area (Å²) in [6.07, 6.45) is 5.25. The molecule has 0 aliphatic carbocycles.